The Morgan fingerprint density at radius 1 is 1.77 bits per heavy atom. The highest BCUT2D eigenvalue weighted by Gasteiger charge is 2.26. The van der Waals surface area contributed by atoms with Crippen LogP contribution in [0.25, 0.3) is 0 Å². The van der Waals surface area contributed by atoms with Gasteiger partial charge >= 0.3 is 5.97 Å². The van der Waals surface area contributed by atoms with Gasteiger partial charge in [0.2, 0.25) is 0 Å². The molecule has 0 amide bonds. The zero-order valence-corrected chi connectivity index (χ0v) is 7.52. The number of aliphatic carboxylic acids is 1. The lowest BCUT2D eigenvalue weighted by molar-refractivity contribution is -0.146. The highest BCUT2D eigenvalue weighted by atomic mass is 16.5. The first kappa shape index (κ1) is 9.73. The van der Waals surface area contributed by atoms with Crippen LogP contribution < -0.4 is 0 Å². The maximum Gasteiger partial charge on any atom is 0.309 e. The Morgan fingerprint density at radius 2 is 2.46 bits per heavy atom. The molecule has 0 aromatic carbocycles. The summed E-state index contributed by atoms with van der Waals surface area (Å²) in [4.78, 5) is 10.7. The number of nitrogens with zero attached hydrogens (tertiary/aromatic N) is 1. The molecule has 0 fully saturated rings. The van der Waals surface area contributed by atoms with E-state index < -0.39 is 18.0 Å². The minimum atomic E-state index is -0.894. The molecule has 72 valence electrons. The Hall–Kier alpha value is -1.36. The summed E-state index contributed by atoms with van der Waals surface area (Å²) in [5.41, 5.74) is 0.609. The maximum atomic E-state index is 10.7. The normalized spacial score (nSPS) is 15.2. The molecule has 0 aliphatic carbocycles. The van der Waals surface area contributed by atoms with Crippen molar-refractivity contribution in [2.75, 3.05) is 7.11 Å². The molecule has 2 N–H and O–H groups in total. The van der Waals surface area contributed by atoms with Gasteiger partial charge < -0.3 is 9.84 Å². The van der Waals surface area contributed by atoms with Crippen molar-refractivity contribution in [2.45, 2.75) is 13.0 Å². The highest BCUT2D eigenvalue weighted by molar-refractivity contribution is 5.70. The van der Waals surface area contributed by atoms with Crippen LogP contribution in [0.3, 0.4) is 0 Å². The molecule has 5 nitrogen and oxygen atoms in total. The number of hydrogen-bond donors (Lipinski definition) is 2. The van der Waals surface area contributed by atoms with Gasteiger partial charge in [0, 0.05) is 13.3 Å². The molecule has 0 saturated carbocycles. The van der Waals surface area contributed by atoms with Gasteiger partial charge in [0.25, 0.3) is 0 Å². The van der Waals surface area contributed by atoms with Crippen molar-refractivity contribution in [1.29, 1.82) is 0 Å². The van der Waals surface area contributed by atoms with E-state index in [1.54, 1.807) is 19.2 Å². The average molecular weight is 184 g/mol. The minimum Gasteiger partial charge on any atom is -0.481 e. The fourth-order valence-corrected chi connectivity index (χ4v) is 1.14. The number of hydrogen-bond acceptors (Lipinski definition) is 3. The van der Waals surface area contributed by atoms with Crippen LogP contribution in [0.1, 0.15) is 18.7 Å². The Kier molecular flexibility index (Phi) is 3.02. The van der Waals surface area contributed by atoms with E-state index in [2.05, 4.69) is 10.2 Å². The second kappa shape index (κ2) is 4.04. The molecule has 0 aliphatic rings. The summed E-state index contributed by atoms with van der Waals surface area (Å²) in [5.74, 6) is -1.50. The topological polar surface area (TPSA) is 75.2 Å². The van der Waals surface area contributed by atoms with Crippen LogP contribution in [0.5, 0.6) is 0 Å². The number of rotatable bonds is 4. The number of methoxy groups -OCH3 is 1. The molecular weight excluding hydrogens is 172 g/mol. The van der Waals surface area contributed by atoms with Gasteiger partial charge in [-0.3, -0.25) is 9.89 Å². The Bertz CT molecular complexity index is 271. The molecule has 1 aromatic rings. The smallest absolute Gasteiger partial charge is 0.309 e. The van der Waals surface area contributed by atoms with Gasteiger partial charge in [-0.05, 0) is 13.0 Å². The summed E-state index contributed by atoms with van der Waals surface area (Å²) in [5, 5.41) is 15.3. The van der Waals surface area contributed by atoms with Crippen molar-refractivity contribution in [1.82, 2.24) is 10.2 Å². The Morgan fingerprint density at radius 3 is 2.85 bits per heavy atom. The summed E-state index contributed by atoms with van der Waals surface area (Å²) in [6, 6.07) is 1.70. The maximum absolute atomic E-state index is 10.7. The molecular formula is C8H12N2O3. The van der Waals surface area contributed by atoms with Crippen LogP contribution in [0.4, 0.5) is 0 Å². The molecule has 0 radical (unpaired) electrons. The second-order valence-corrected chi connectivity index (χ2v) is 2.78. The van der Waals surface area contributed by atoms with E-state index >= 15 is 0 Å². The first-order chi connectivity index (χ1) is 6.16. The van der Waals surface area contributed by atoms with Gasteiger partial charge in [-0.15, -0.1) is 0 Å². The van der Waals surface area contributed by atoms with Gasteiger partial charge in [0.05, 0.1) is 11.6 Å². The summed E-state index contributed by atoms with van der Waals surface area (Å²) in [6.07, 6.45) is 1.14. The van der Waals surface area contributed by atoms with Crippen molar-refractivity contribution in [3.8, 4) is 0 Å². The van der Waals surface area contributed by atoms with Crippen LogP contribution in [-0.2, 0) is 9.53 Å². The van der Waals surface area contributed by atoms with E-state index in [4.69, 9.17) is 9.84 Å². The molecule has 0 aliphatic heterocycles. The SMILES string of the molecule is COC(c1cc[nH]n1)C(C)C(=O)O. The van der Waals surface area contributed by atoms with E-state index in [-0.39, 0.29) is 0 Å². The van der Waals surface area contributed by atoms with Crippen molar-refractivity contribution < 1.29 is 14.6 Å². The number of aromatic amines is 1. The zero-order chi connectivity index (χ0) is 9.84. The van der Waals surface area contributed by atoms with E-state index in [0.717, 1.165) is 0 Å². The number of ether oxygens (including phenoxy) is 1. The molecule has 5 heteroatoms. The summed E-state index contributed by atoms with van der Waals surface area (Å²) in [7, 11) is 1.47. The third-order valence-corrected chi connectivity index (χ3v) is 1.91. The fourth-order valence-electron chi connectivity index (χ4n) is 1.14. The minimum absolute atomic E-state index is 0.497. The first-order valence-corrected chi connectivity index (χ1v) is 3.92. The molecule has 2 unspecified atom stereocenters. The van der Waals surface area contributed by atoms with Crippen molar-refractivity contribution in [3.63, 3.8) is 0 Å². The number of carboxylic acid groups (broad SMARTS) is 1. The average Bonchev–Trinajstić information content (AvgIpc) is 2.58. The van der Waals surface area contributed by atoms with Crippen LogP contribution in [0, 0.1) is 5.92 Å². The van der Waals surface area contributed by atoms with Crippen molar-refractivity contribution in [3.05, 3.63) is 18.0 Å². The lowest BCUT2D eigenvalue weighted by Gasteiger charge is -2.16. The summed E-state index contributed by atoms with van der Waals surface area (Å²) < 4.78 is 5.05. The molecule has 1 aromatic heterocycles. The van der Waals surface area contributed by atoms with Crippen molar-refractivity contribution >= 4 is 5.97 Å². The summed E-state index contributed by atoms with van der Waals surface area (Å²) >= 11 is 0. The van der Waals surface area contributed by atoms with E-state index in [1.807, 2.05) is 0 Å². The molecule has 1 heterocycles. The number of carbonyl (C=O) groups is 1. The standard InChI is InChI=1S/C8H12N2O3/c1-5(8(11)12)7(13-2)6-3-4-9-10-6/h3-5,7H,1-2H3,(H,9,10)(H,11,12). The number of aromatic nitrogens is 2. The quantitative estimate of drug-likeness (QED) is 0.726. The largest absolute Gasteiger partial charge is 0.481 e. The first-order valence-electron chi connectivity index (χ1n) is 3.92. The number of carboxylic acids is 1. The van der Waals surface area contributed by atoms with Gasteiger partial charge in [-0.25, -0.2) is 0 Å². The van der Waals surface area contributed by atoms with Gasteiger partial charge in [-0.2, -0.15) is 5.10 Å². The molecule has 1 rings (SSSR count). The van der Waals surface area contributed by atoms with Crippen LogP contribution >= 0.6 is 0 Å². The number of nitrogens with one attached hydrogen (secondary N) is 1. The number of H-pyrrole nitrogens is 1. The van der Waals surface area contributed by atoms with E-state index in [1.165, 1.54) is 7.11 Å². The molecule has 0 saturated heterocycles. The van der Waals surface area contributed by atoms with E-state index in [9.17, 15) is 4.79 Å². The van der Waals surface area contributed by atoms with Gasteiger partial charge in [0.1, 0.15) is 6.10 Å². The third-order valence-electron chi connectivity index (χ3n) is 1.91. The predicted molar refractivity (Wildman–Crippen MR) is 45.1 cm³/mol. The van der Waals surface area contributed by atoms with Crippen LogP contribution in [0.15, 0.2) is 12.3 Å². The highest BCUT2D eigenvalue weighted by Crippen LogP contribution is 2.23. The van der Waals surface area contributed by atoms with Gasteiger partial charge in [0.15, 0.2) is 0 Å². The third kappa shape index (κ3) is 2.06. The zero-order valence-electron chi connectivity index (χ0n) is 7.52. The molecule has 0 bridgehead atoms. The fraction of sp³-hybridized carbons (Fsp3) is 0.500. The second-order valence-electron chi connectivity index (χ2n) is 2.78. The summed E-state index contributed by atoms with van der Waals surface area (Å²) in [6.45, 7) is 1.59. The monoisotopic (exact) mass is 184 g/mol. The predicted octanol–water partition coefficient (Wildman–Crippen LogP) is 0.818. The van der Waals surface area contributed by atoms with Gasteiger partial charge in [-0.1, -0.05) is 0 Å². The van der Waals surface area contributed by atoms with Crippen LogP contribution in [-0.4, -0.2) is 28.4 Å². The Balaban J connectivity index is 2.79. The molecule has 2 atom stereocenters. The Labute approximate surface area is 75.7 Å². The van der Waals surface area contributed by atoms with Crippen molar-refractivity contribution in [2.24, 2.45) is 5.92 Å². The lowest BCUT2D eigenvalue weighted by Crippen LogP contribution is -2.20. The van der Waals surface area contributed by atoms with Crippen LogP contribution in [0.2, 0.25) is 0 Å². The van der Waals surface area contributed by atoms with E-state index in [0.29, 0.717) is 5.69 Å². The molecule has 13 heavy (non-hydrogen) atoms. The molecule has 0 spiro atoms. The lowest BCUT2D eigenvalue weighted by atomic mass is 10.0.